The smallest absolute Gasteiger partial charge is 0.295 e. The van der Waals surface area contributed by atoms with Crippen LogP contribution in [0.3, 0.4) is 0 Å². The summed E-state index contributed by atoms with van der Waals surface area (Å²) in [5.41, 5.74) is 0.986. The topological polar surface area (TPSA) is 95.2 Å². The maximum atomic E-state index is 13.8. The molecule has 2 heterocycles. The highest BCUT2D eigenvalue weighted by atomic mass is 32.2. The standard InChI is InChI=1S/C21H15F3N4O3S/c22-13-4-2-1-3-11(13)10-16-20(30)28(21(31)32-16)8-7-25-19(29)12-5-6-14-15(9-12)27-18(26-14)17(23)24/h1-6,9-10,17H,7-8H2,(H,25,29)(H,26,27)/b16-10+. The first-order valence-corrected chi connectivity index (χ1v) is 10.2. The molecule has 3 amide bonds. The van der Waals surface area contributed by atoms with Crippen molar-refractivity contribution in [2.45, 2.75) is 6.43 Å². The highest BCUT2D eigenvalue weighted by molar-refractivity contribution is 8.18. The molecular weight excluding hydrogens is 445 g/mol. The molecule has 0 atom stereocenters. The minimum absolute atomic E-state index is 0.0207. The van der Waals surface area contributed by atoms with Gasteiger partial charge in [-0.3, -0.25) is 19.3 Å². The largest absolute Gasteiger partial charge is 0.350 e. The number of hydrogen-bond acceptors (Lipinski definition) is 5. The first kappa shape index (κ1) is 21.6. The lowest BCUT2D eigenvalue weighted by molar-refractivity contribution is -0.122. The van der Waals surface area contributed by atoms with Crippen molar-refractivity contribution >= 4 is 45.9 Å². The number of imide groups is 1. The SMILES string of the molecule is O=C(NCCN1C(=O)S/C(=C/c2ccccc2F)C1=O)c1ccc2nc(C(F)F)[nH]c2c1. The molecule has 2 N–H and O–H groups in total. The number of amides is 3. The molecule has 3 aromatic rings. The monoisotopic (exact) mass is 460 g/mol. The Morgan fingerprint density at radius 2 is 2.00 bits per heavy atom. The molecule has 0 spiro atoms. The third kappa shape index (κ3) is 4.37. The van der Waals surface area contributed by atoms with E-state index in [1.807, 2.05) is 0 Å². The van der Waals surface area contributed by atoms with Crippen LogP contribution in [0.1, 0.15) is 28.2 Å². The second-order valence-electron chi connectivity index (χ2n) is 6.77. The van der Waals surface area contributed by atoms with Crippen molar-refractivity contribution < 1.29 is 27.6 Å². The lowest BCUT2D eigenvalue weighted by atomic mass is 10.2. The van der Waals surface area contributed by atoms with Gasteiger partial charge in [0.2, 0.25) is 0 Å². The molecule has 0 saturated carbocycles. The summed E-state index contributed by atoms with van der Waals surface area (Å²) in [7, 11) is 0. The van der Waals surface area contributed by atoms with Crippen molar-refractivity contribution in [2.24, 2.45) is 0 Å². The lowest BCUT2D eigenvalue weighted by Crippen LogP contribution is -2.37. The van der Waals surface area contributed by atoms with Crippen molar-refractivity contribution in [1.29, 1.82) is 0 Å². The van der Waals surface area contributed by atoms with E-state index < -0.39 is 35.1 Å². The molecule has 7 nitrogen and oxygen atoms in total. The van der Waals surface area contributed by atoms with E-state index in [-0.39, 0.29) is 34.6 Å². The van der Waals surface area contributed by atoms with Gasteiger partial charge < -0.3 is 10.3 Å². The highest BCUT2D eigenvalue weighted by Gasteiger charge is 2.34. The second-order valence-corrected chi connectivity index (χ2v) is 7.76. The lowest BCUT2D eigenvalue weighted by Gasteiger charge is -2.13. The van der Waals surface area contributed by atoms with Crippen LogP contribution in [0.2, 0.25) is 0 Å². The molecule has 1 aliphatic rings. The number of nitrogens with zero attached hydrogens (tertiary/aromatic N) is 2. The van der Waals surface area contributed by atoms with Crippen LogP contribution in [0.15, 0.2) is 47.4 Å². The number of nitrogens with one attached hydrogen (secondary N) is 2. The summed E-state index contributed by atoms with van der Waals surface area (Å²) in [6.45, 7) is -0.0972. The molecule has 164 valence electrons. The predicted molar refractivity (Wildman–Crippen MR) is 112 cm³/mol. The van der Waals surface area contributed by atoms with Gasteiger partial charge in [-0.25, -0.2) is 18.2 Å². The molecule has 1 fully saturated rings. The molecule has 1 saturated heterocycles. The van der Waals surface area contributed by atoms with Crippen LogP contribution in [0.25, 0.3) is 17.1 Å². The van der Waals surface area contributed by atoms with Crippen LogP contribution in [-0.4, -0.2) is 45.0 Å². The highest BCUT2D eigenvalue weighted by Crippen LogP contribution is 2.32. The molecule has 2 aromatic carbocycles. The normalized spacial score (nSPS) is 15.4. The van der Waals surface area contributed by atoms with E-state index in [0.717, 1.165) is 4.90 Å². The summed E-state index contributed by atoms with van der Waals surface area (Å²) in [4.78, 5) is 44.3. The summed E-state index contributed by atoms with van der Waals surface area (Å²) in [5.74, 6) is -2.08. The number of carbonyl (C=O) groups is 3. The van der Waals surface area contributed by atoms with Crippen LogP contribution in [0.4, 0.5) is 18.0 Å². The molecule has 0 radical (unpaired) electrons. The average Bonchev–Trinajstić information content (AvgIpc) is 3.31. The van der Waals surface area contributed by atoms with E-state index in [1.165, 1.54) is 42.5 Å². The fourth-order valence-corrected chi connectivity index (χ4v) is 3.94. The van der Waals surface area contributed by atoms with Gasteiger partial charge in [0.05, 0.1) is 15.9 Å². The van der Waals surface area contributed by atoms with Gasteiger partial charge in [-0.1, -0.05) is 18.2 Å². The maximum absolute atomic E-state index is 13.8. The van der Waals surface area contributed by atoms with Gasteiger partial charge in [-0.2, -0.15) is 0 Å². The molecular formula is C21H15F3N4O3S. The molecule has 0 bridgehead atoms. The Labute approximate surface area is 183 Å². The number of aromatic nitrogens is 2. The number of carbonyl (C=O) groups excluding carboxylic acids is 3. The van der Waals surface area contributed by atoms with Crippen LogP contribution in [-0.2, 0) is 4.79 Å². The minimum atomic E-state index is -2.76. The van der Waals surface area contributed by atoms with E-state index in [2.05, 4.69) is 15.3 Å². The van der Waals surface area contributed by atoms with E-state index >= 15 is 0 Å². The Bertz CT molecular complexity index is 1260. The summed E-state index contributed by atoms with van der Waals surface area (Å²) < 4.78 is 39.3. The third-order valence-corrected chi connectivity index (χ3v) is 5.56. The van der Waals surface area contributed by atoms with E-state index in [4.69, 9.17) is 0 Å². The quantitative estimate of drug-likeness (QED) is 0.540. The summed E-state index contributed by atoms with van der Waals surface area (Å²) in [5, 5.41) is 2.06. The fraction of sp³-hybridized carbons (Fsp3) is 0.143. The van der Waals surface area contributed by atoms with Gasteiger partial charge >= 0.3 is 0 Å². The van der Waals surface area contributed by atoms with Crippen LogP contribution in [0, 0.1) is 5.82 Å². The number of thioether (sulfide) groups is 1. The van der Waals surface area contributed by atoms with Gasteiger partial charge in [-0.05, 0) is 42.1 Å². The van der Waals surface area contributed by atoms with Crippen molar-refractivity contribution in [2.75, 3.05) is 13.1 Å². The zero-order chi connectivity index (χ0) is 22.8. The van der Waals surface area contributed by atoms with Crippen molar-refractivity contribution in [3.05, 3.63) is 70.1 Å². The molecule has 1 aliphatic heterocycles. The zero-order valence-electron chi connectivity index (χ0n) is 16.3. The molecule has 11 heteroatoms. The Hall–Kier alpha value is -3.60. The van der Waals surface area contributed by atoms with Gasteiger partial charge in [0.15, 0.2) is 5.82 Å². The van der Waals surface area contributed by atoms with Crippen LogP contribution >= 0.6 is 11.8 Å². The fourth-order valence-electron chi connectivity index (χ4n) is 3.08. The van der Waals surface area contributed by atoms with Gasteiger partial charge in [0.25, 0.3) is 23.5 Å². The molecule has 1 aromatic heterocycles. The summed E-state index contributed by atoms with van der Waals surface area (Å²) >= 11 is 0.693. The number of rotatable bonds is 6. The molecule has 4 rings (SSSR count). The summed E-state index contributed by atoms with van der Waals surface area (Å²) in [6.07, 6.45) is -1.45. The summed E-state index contributed by atoms with van der Waals surface area (Å²) in [6, 6.07) is 10.1. The van der Waals surface area contributed by atoms with Gasteiger partial charge in [0.1, 0.15) is 5.82 Å². The first-order valence-electron chi connectivity index (χ1n) is 9.39. The predicted octanol–water partition coefficient (Wildman–Crippen LogP) is 4.11. The second kappa shape index (κ2) is 8.87. The van der Waals surface area contributed by atoms with Crippen molar-refractivity contribution in [3.63, 3.8) is 0 Å². The Kier molecular flexibility index (Phi) is 5.99. The minimum Gasteiger partial charge on any atom is -0.350 e. The number of H-pyrrole nitrogens is 1. The number of hydrogen-bond donors (Lipinski definition) is 2. The zero-order valence-corrected chi connectivity index (χ0v) is 17.1. The Morgan fingerprint density at radius 3 is 2.75 bits per heavy atom. The van der Waals surface area contributed by atoms with Crippen LogP contribution < -0.4 is 5.32 Å². The number of imidazole rings is 1. The Balaban J connectivity index is 1.38. The number of benzene rings is 2. The van der Waals surface area contributed by atoms with E-state index in [9.17, 15) is 27.6 Å². The molecule has 0 aliphatic carbocycles. The van der Waals surface area contributed by atoms with Crippen LogP contribution in [0.5, 0.6) is 0 Å². The van der Waals surface area contributed by atoms with Crippen molar-refractivity contribution in [1.82, 2.24) is 20.2 Å². The Morgan fingerprint density at radius 1 is 1.22 bits per heavy atom. The molecule has 0 unspecified atom stereocenters. The number of alkyl halides is 2. The van der Waals surface area contributed by atoms with Crippen molar-refractivity contribution in [3.8, 4) is 0 Å². The first-order chi connectivity index (χ1) is 15.3. The number of halogens is 3. The third-order valence-electron chi connectivity index (χ3n) is 4.66. The maximum Gasteiger partial charge on any atom is 0.295 e. The number of fused-ring (bicyclic) bond motifs is 1. The van der Waals surface area contributed by atoms with E-state index in [1.54, 1.807) is 6.07 Å². The van der Waals surface area contributed by atoms with Gasteiger partial charge in [-0.15, -0.1) is 0 Å². The number of aromatic amines is 1. The van der Waals surface area contributed by atoms with E-state index in [0.29, 0.717) is 17.3 Å². The molecule has 32 heavy (non-hydrogen) atoms. The van der Waals surface area contributed by atoms with Gasteiger partial charge in [0, 0.05) is 24.2 Å². The average molecular weight is 460 g/mol.